The number of methoxy groups -OCH3 is 1. The van der Waals surface area contributed by atoms with E-state index in [0.717, 1.165) is 15.1 Å². The molecule has 2 heterocycles. The summed E-state index contributed by atoms with van der Waals surface area (Å²) in [6.07, 6.45) is 1.42. The first-order valence-corrected chi connectivity index (χ1v) is 6.13. The molecule has 1 atom stereocenters. The Morgan fingerprint density at radius 1 is 1.61 bits per heavy atom. The first-order chi connectivity index (χ1) is 8.61. The van der Waals surface area contributed by atoms with Crippen molar-refractivity contribution < 1.29 is 14.6 Å². The standard InChI is InChI=1S/C11H13N3O3S/c1-6-3-7-9(12-5-13-10(7)18-6)14-8(4-17-2)11(15)16/h3,5,8H,4H2,1-2H3,(H,15,16)(H,12,13,14). The number of aromatic nitrogens is 2. The number of carboxylic acids is 1. The number of fused-ring (bicyclic) bond motifs is 1. The van der Waals surface area contributed by atoms with Crippen molar-refractivity contribution in [2.75, 3.05) is 19.0 Å². The SMILES string of the molecule is COCC(Nc1ncnc2sc(C)cc12)C(=O)O. The van der Waals surface area contributed by atoms with E-state index >= 15 is 0 Å². The minimum absolute atomic E-state index is 0.0734. The number of nitrogens with one attached hydrogen (secondary N) is 1. The van der Waals surface area contributed by atoms with E-state index in [1.807, 2.05) is 13.0 Å². The summed E-state index contributed by atoms with van der Waals surface area (Å²) in [6, 6.07) is 1.11. The van der Waals surface area contributed by atoms with Gasteiger partial charge in [-0.15, -0.1) is 11.3 Å². The average molecular weight is 267 g/mol. The lowest BCUT2D eigenvalue weighted by Gasteiger charge is -2.14. The van der Waals surface area contributed by atoms with E-state index in [0.29, 0.717) is 5.82 Å². The van der Waals surface area contributed by atoms with Crippen molar-refractivity contribution in [1.82, 2.24) is 9.97 Å². The Hall–Kier alpha value is -1.73. The fraction of sp³-hybridized carbons (Fsp3) is 0.364. The lowest BCUT2D eigenvalue weighted by molar-refractivity contribution is -0.139. The first kappa shape index (κ1) is 12.7. The molecule has 6 nitrogen and oxygen atoms in total. The minimum Gasteiger partial charge on any atom is -0.480 e. The summed E-state index contributed by atoms with van der Waals surface area (Å²) < 4.78 is 4.87. The Morgan fingerprint density at radius 2 is 2.39 bits per heavy atom. The summed E-state index contributed by atoms with van der Waals surface area (Å²) in [7, 11) is 1.46. The number of carboxylic acid groups (broad SMARTS) is 1. The van der Waals surface area contributed by atoms with Gasteiger partial charge in [-0.1, -0.05) is 0 Å². The van der Waals surface area contributed by atoms with Crippen LogP contribution in [0, 0.1) is 6.92 Å². The predicted molar refractivity (Wildman–Crippen MR) is 69.1 cm³/mol. The van der Waals surface area contributed by atoms with Gasteiger partial charge >= 0.3 is 5.97 Å². The third kappa shape index (κ3) is 2.57. The van der Waals surface area contributed by atoms with Crippen LogP contribution < -0.4 is 5.32 Å². The Bertz CT molecular complexity index is 570. The quantitative estimate of drug-likeness (QED) is 0.854. The van der Waals surface area contributed by atoms with Gasteiger partial charge in [0.15, 0.2) is 0 Å². The number of hydrogen-bond acceptors (Lipinski definition) is 6. The van der Waals surface area contributed by atoms with Crippen molar-refractivity contribution in [2.24, 2.45) is 0 Å². The molecule has 2 aromatic rings. The van der Waals surface area contributed by atoms with Crippen LogP contribution >= 0.6 is 11.3 Å². The van der Waals surface area contributed by atoms with Crippen molar-refractivity contribution in [3.63, 3.8) is 0 Å². The number of thiophene rings is 1. The molecule has 0 amide bonds. The van der Waals surface area contributed by atoms with Gasteiger partial charge in [-0.2, -0.15) is 0 Å². The molecule has 96 valence electrons. The van der Waals surface area contributed by atoms with E-state index in [2.05, 4.69) is 15.3 Å². The van der Waals surface area contributed by atoms with Crippen molar-refractivity contribution in [3.05, 3.63) is 17.3 Å². The monoisotopic (exact) mass is 267 g/mol. The Labute approximate surface area is 108 Å². The van der Waals surface area contributed by atoms with E-state index < -0.39 is 12.0 Å². The first-order valence-electron chi connectivity index (χ1n) is 5.31. The molecule has 0 aromatic carbocycles. The van der Waals surface area contributed by atoms with Crippen LogP contribution in [0.3, 0.4) is 0 Å². The molecule has 0 saturated carbocycles. The summed E-state index contributed by atoms with van der Waals surface area (Å²) >= 11 is 1.55. The van der Waals surface area contributed by atoms with Crippen LogP contribution in [0.4, 0.5) is 5.82 Å². The zero-order valence-corrected chi connectivity index (χ0v) is 10.8. The molecule has 0 aliphatic rings. The molecular weight excluding hydrogens is 254 g/mol. The van der Waals surface area contributed by atoms with E-state index in [1.54, 1.807) is 11.3 Å². The topological polar surface area (TPSA) is 84.3 Å². The molecule has 0 saturated heterocycles. The number of aryl methyl sites for hydroxylation is 1. The van der Waals surface area contributed by atoms with Gasteiger partial charge < -0.3 is 15.2 Å². The number of rotatable bonds is 5. The van der Waals surface area contributed by atoms with Gasteiger partial charge in [0.25, 0.3) is 0 Å². The molecule has 0 bridgehead atoms. The van der Waals surface area contributed by atoms with Crippen LogP contribution in [0.25, 0.3) is 10.2 Å². The van der Waals surface area contributed by atoms with Crippen molar-refractivity contribution >= 4 is 33.3 Å². The number of nitrogens with zero attached hydrogens (tertiary/aromatic N) is 2. The van der Waals surface area contributed by atoms with Crippen LogP contribution in [-0.4, -0.2) is 40.8 Å². The molecule has 2 rings (SSSR count). The van der Waals surface area contributed by atoms with Gasteiger partial charge in [-0.05, 0) is 13.0 Å². The molecule has 0 aliphatic heterocycles. The van der Waals surface area contributed by atoms with E-state index in [4.69, 9.17) is 9.84 Å². The van der Waals surface area contributed by atoms with Gasteiger partial charge in [0.2, 0.25) is 0 Å². The molecule has 2 aromatic heterocycles. The second-order valence-electron chi connectivity index (χ2n) is 3.79. The van der Waals surface area contributed by atoms with Gasteiger partial charge in [-0.25, -0.2) is 14.8 Å². The highest BCUT2D eigenvalue weighted by Crippen LogP contribution is 2.27. The van der Waals surface area contributed by atoms with Gasteiger partial charge in [0.05, 0.1) is 12.0 Å². The predicted octanol–water partition coefficient (Wildman–Crippen LogP) is 1.51. The number of hydrogen-bond donors (Lipinski definition) is 2. The third-order valence-electron chi connectivity index (χ3n) is 2.39. The van der Waals surface area contributed by atoms with Gasteiger partial charge in [0.1, 0.15) is 23.0 Å². The average Bonchev–Trinajstić information content (AvgIpc) is 2.69. The maximum atomic E-state index is 11.1. The van der Waals surface area contributed by atoms with Crippen LogP contribution in [0.1, 0.15) is 4.88 Å². The minimum atomic E-state index is -0.976. The molecule has 0 radical (unpaired) electrons. The van der Waals surface area contributed by atoms with Gasteiger partial charge in [0, 0.05) is 12.0 Å². The summed E-state index contributed by atoms with van der Waals surface area (Å²) in [4.78, 5) is 21.2. The van der Waals surface area contributed by atoms with Crippen LogP contribution in [-0.2, 0) is 9.53 Å². The number of ether oxygens (including phenoxy) is 1. The maximum Gasteiger partial charge on any atom is 0.328 e. The normalized spacial score (nSPS) is 12.6. The molecule has 0 spiro atoms. The molecule has 1 unspecified atom stereocenters. The molecule has 18 heavy (non-hydrogen) atoms. The molecular formula is C11H13N3O3S. The molecule has 7 heteroatoms. The molecule has 2 N–H and O–H groups in total. The highest BCUT2D eigenvalue weighted by Gasteiger charge is 2.19. The van der Waals surface area contributed by atoms with Crippen LogP contribution in [0.15, 0.2) is 12.4 Å². The number of anilines is 1. The zero-order chi connectivity index (χ0) is 13.1. The highest BCUT2D eigenvalue weighted by atomic mass is 32.1. The summed E-state index contributed by atoms with van der Waals surface area (Å²) in [5, 5.41) is 12.8. The van der Waals surface area contributed by atoms with Crippen LogP contribution in [0.2, 0.25) is 0 Å². The zero-order valence-electron chi connectivity index (χ0n) is 10.0. The van der Waals surface area contributed by atoms with Crippen molar-refractivity contribution in [3.8, 4) is 0 Å². The highest BCUT2D eigenvalue weighted by molar-refractivity contribution is 7.18. The number of aliphatic carboxylic acids is 1. The lowest BCUT2D eigenvalue weighted by atomic mass is 10.3. The smallest absolute Gasteiger partial charge is 0.328 e. The van der Waals surface area contributed by atoms with E-state index in [1.165, 1.54) is 13.4 Å². The van der Waals surface area contributed by atoms with Crippen LogP contribution in [0.5, 0.6) is 0 Å². The van der Waals surface area contributed by atoms with E-state index in [-0.39, 0.29) is 6.61 Å². The lowest BCUT2D eigenvalue weighted by Crippen LogP contribution is -2.34. The summed E-state index contributed by atoms with van der Waals surface area (Å²) in [6.45, 7) is 2.05. The second kappa shape index (κ2) is 5.28. The summed E-state index contributed by atoms with van der Waals surface area (Å²) in [5.74, 6) is -0.454. The largest absolute Gasteiger partial charge is 0.480 e. The van der Waals surface area contributed by atoms with Crippen molar-refractivity contribution in [2.45, 2.75) is 13.0 Å². The van der Waals surface area contributed by atoms with Crippen molar-refractivity contribution in [1.29, 1.82) is 0 Å². The molecule has 0 aliphatic carbocycles. The second-order valence-corrected chi connectivity index (χ2v) is 5.02. The number of carbonyl (C=O) groups is 1. The molecule has 0 fully saturated rings. The summed E-state index contributed by atoms with van der Waals surface area (Å²) in [5.41, 5.74) is 0. The maximum absolute atomic E-state index is 11.1. The Kier molecular flexibility index (Phi) is 3.73. The van der Waals surface area contributed by atoms with E-state index in [9.17, 15) is 4.79 Å². The van der Waals surface area contributed by atoms with Gasteiger partial charge in [-0.3, -0.25) is 0 Å². The Balaban J connectivity index is 2.32. The Morgan fingerprint density at radius 3 is 3.06 bits per heavy atom. The fourth-order valence-electron chi connectivity index (χ4n) is 1.60. The fourth-order valence-corrected chi connectivity index (χ4v) is 2.44. The third-order valence-corrected chi connectivity index (χ3v) is 3.35.